The Balaban J connectivity index is 2.17. The van der Waals surface area contributed by atoms with Crippen molar-refractivity contribution in [2.45, 2.75) is 232 Å². The molecule has 0 unspecified atom stereocenters. The van der Waals surface area contributed by atoms with E-state index in [4.69, 9.17) is 14.0 Å². The summed E-state index contributed by atoms with van der Waals surface area (Å²) in [5.74, 6) is 1.36. The molecule has 0 bridgehead atoms. The first-order chi connectivity index (χ1) is 24.9. The molecule has 0 aliphatic heterocycles. The van der Waals surface area contributed by atoms with Gasteiger partial charge in [0.1, 0.15) is 11.5 Å². The predicted octanol–water partition coefficient (Wildman–Crippen LogP) is 14.8. The van der Waals surface area contributed by atoms with Crippen LogP contribution in [0.3, 0.4) is 0 Å². The summed E-state index contributed by atoms with van der Waals surface area (Å²) in [4.78, 5) is 0. The first-order valence-corrected chi connectivity index (χ1v) is 23.9. The zero-order chi connectivity index (χ0) is 36.9. The van der Waals surface area contributed by atoms with Crippen molar-refractivity contribution < 1.29 is 22.4 Å². The Morgan fingerprint density at radius 1 is 0.412 bits per heavy atom. The Bertz CT molecular complexity index is 923. The second-order valence-corrected chi connectivity index (χ2v) is 17.1. The van der Waals surface area contributed by atoms with Crippen LogP contribution < -0.4 is 9.47 Å². The maximum absolute atomic E-state index is 11.2. The summed E-state index contributed by atoms with van der Waals surface area (Å²) in [7, 11) is -3.96. The molecular weight excluding hydrogens is 653 g/mol. The third-order valence-electron chi connectivity index (χ3n) is 10.3. The lowest BCUT2D eigenvalue weighted by Crippen LogP contribution is -2.05. The zero-order valence-electron chi connectivity index (χ0n) is 33.9. The third kappa shape index (κ3) is 34.3. The second kappa shape index (κ2) is 35.7. The van der Waals surface area contributed by atoms with Gasteiger partial charge >= 0.3 is 0 Å². The van der Waals surface area contributed by atoms with Gasteiger partial charge in [0, 0.05) is 6.07 Å². The van der Waals surface area contributed by atoms with Crippen molar-refractivity contribution in [3.05, 3.63) is 23.8 Å². The molecule has 0 atom stereocenters. The van der Waals surface area contributed by atoms with E-state index in [-0.39, 0.29) is 5.75 Å². The van der Waals surface area contributed by atoms with Crippen molar-refractivity contribution in [3.63, 3.8) is 0 Å². The van der Waals surface area contributed by atoms with Crippen LogP contribution in [0.4, 0.5) is 0 Å². The van der Waals surface area contributed by atoms with E-state index in [9.17, 15) is 8.42 Å². The van der Waals surface area contributed by atoms with E-state index in [0.717, 1.165) is 29.9 Å². The summed E-state index contributed by atoms with van der Waals surface area (Å²) >= 11 is 0. The van der Waals surface area contributed by atoms with Gasteiger partial charge in [0.15, 0.2) is 0 Å². The van der Waals surface area contributed by atoms with Gasteiger partial charge in [-0.25, -0.2) is 0 Å². The molecule has 0 fully saturated rings. The molecule has 6 heteroatoms. The Morgan fingerprint density at radius 3 is 0.961 bits per heavy atom. The van der Waals surface area contributed by atoms with Gasteiger partial charge < -0.3 is 9.47 Å². The highest BCUT2D eigenvalue weighted by Crippen LogP contribution is 2.25. The summed E-state index contributed by atoms with van der Waals surface area (Å²) in [6.45, 7) is 5.94. The van der Waals surface area contributed by atoms with Crippen LogP contribution in [0.1, 0.15) is 231 Å². The number of rotatable bonds is 40. The van der Waals surface area contributed by atoms with Crippen LogP contribution in [-0.4, -0.2) is 31.9 Å². The molecule has 1 aromatic carbocycles. The van der Waals surface area contributed by atoms with Gasteiger partial charge in [0.25, 0.3) is 10.1 Å². The van der Waals surface area contributed by atoms with Crippen molar-refractivity contribution in [3.8, 4) is 11.5 Å². The van der Waals surface area contributed by atoms with Gasteiger partial charge in [0.2, 0.25) is 0 Å². The van der Waals surface area contributed by atoms with E-state index in [1.54, 1.807) is 0 Å². The lowest BCUT2D eigenvalue weighted by molar-refractivity contribution is 0.289. The molecule has 0 spiro atoms. The van der Waals surface area contributed by atoms with Crippen LogP contribution in [0.5, 0.6) is 11.5 Å². The highest BCUT2D eigenvalue weighted by atomic mass is 32.2. The van der Waals surface area contributed by atoms with Crippen molar-refractivity contribution in [1.29, 1.82) is 0 Å². The number of hydrogen-bond donors (Lipinski definition) is 1. The monoisotopic (exact) mass is 737 g/mol. The molecule has 51 heavy (non-hydrogen) atoms. The number of hydrogen-bond acceptors (Lipinski definition) is 4. The van der Waals surface area contributed by atoms with Gasteiger partial charge in [-0.05, 0) is 43.4 Å². The van der Waals surface area contributed by atoms with Crippen LogP contribution in [0, 0.1) is 0 Å². The van der Waals surface area contributed by atoms with Gasteiger partial charge in [0.05, 0.1) is 19.0 Å². The lowest BCUT2D eigenvalue weighted by atomic mass is 10.0. The molecule has 0 saturated heterocycles. The molecule has 0 aliphatic rings. The first kappa shape index (κ1) is 47.8. The molecule has 1 rings (SSSR count). The Labute approximate surface area is 318 Å². The largest absolute Gasteiger partial charge is 0.493 e. The number of aryl methyl sites for hydroxylation is 1. The fraction of sp³-hybridized carbons (Fsp3) is 0.867. The SMILES string of the molecule is CCCCCCCCCCCCCCCCCCOc1cc(CCCS(=O)(=O)O)cc(OCCCCCCCCCCCCCCCCCC)c1. The summed E-state index contributed by atoms with van der Waals surface area (Å²) in [6, 6.07) is 5.97. The topological polar surface area (TPSA) is 72.8 Å². The van der Waals surface area contributed by atoms with E-state index in [1.165, 1.54) is 193 Å². The standard InChI is InChI=1S/C45H84O5S/c1-3-5-7-9-11-13-15-17-19-21-23-25-27-29-31-33-37-49-44-40-43(36-35-39-51(46,47)48)41-45(42-44)50-38-34-32-30-28-26-24-22-20-18-16-14-12-10-8-6-4-2/h40-42H,3-39H2,1-2H3,(H,46,47,48). The molecule has 0 aliphatic carbocycles. The molecule has 300 valence electrons. The van der Waals surface area contributed by atoms with E-state index < -0.39 is 10.1 Å². The van der Waals surface area contributed by atoms with Crippen LogP contribution in [0.15, 0.2) is 18.2 Å². The molecule has 0 radical (unpaired) electrons. The molecule has 1 N–H and O–H groups in total. The quantitative estimate of drug-likeness (QED) is 0.0536. The number of ether oxygens (including phenoxy) is 2. The average molecular weight is 737 g/mol. The molecule has 0 saturated carbocycles. The Hall–Kier alpha value is -1.27. The zero-order valence-corrected chi connectivity index (χ0v) is 34.7. The van der Waals surface area contributed by atoms with Crippen LogP contribution >= 0.6 is 0 Å². The number of unbranched alkanes of at least 4 members (excludes halogenated alkanes) is 30. The van der Waals surface area contributed by atoms with Gasteiger partial charge in [-0.3, -0.25) is 4.55 Å². The molecule has 1 aromatic rings. The summed E-state index contributed by atoms with van der Waals surface area (Å²) in [5, 5.41) is 0. The van der Waals surface area contributed by atoms with E-state index in [0.29, 0.717) is 26.1 Å². The van der Waals surface area contributed by atoms with E-state index >= 15 is 0 Å². The van der Waals surface area contributed by atoms with Crippen molar-refractivity contribution in [2.24, 2.45) is 0 Å². The minimum absolute atomic E-state index is 0.230. The number of benzene rings is 1. The van der Waals surface area contributed by atoms with Crippen molar-refractivity contribution >= 4 is 10.1 Å². The Kier molecular flexibility index (Phi) is 33.5. The average Bonchev–Trinajstić information content (AvgIpc) is 3.10. The second-order valence-electron chi connectivity index (χ2n) is 15.5. The molecular formula is C45H84O5S. The van der Waals surface area contributed by atoms with Gasteiger partial charge in [-0.2, -0.15) is 8.42 Å². The highest BCUT2D eigenvalue weighted by Gasteiger charge is 2.08. The summed E-state index contributed by atoms with van der Waals surface area (Å²) < 4.78 is 43.9. The van der Waals surface area contributed by atoms with Crippen LogP contribution in [0.25, 0.3) is 0 Å². The van der Waals surface area contributed by atoms with E-state index in [1.807, 2.05) is 18.2 Å². The first-order valence-electron chi connectivity index (χ1n) is 22.3. The minimum Gasteiger partial charge on any atom is -0.493 e. The van der Waals surface area contributed by atoms with Gasteiger partial charge in [-0.1, -0.05) is 206 Å². The van der Waals surface area contributed by atoms with Crippen molar-refractivity contribution in [1.82, 2.24) is 0 Å². The van der Waals surface area contributed by atoms with Crippen molar-refractivity contribution in [2.75, 3.05) is 19.0 Å². The molecule has 0 amide bonds. The fourth-order valence-corrected chi connectivity index (χ4v) is 7.59. The maximum Gasteiger partial charge on any atom is 0.264 e. The molecule has 5 nitrogen and oxygen atoms in total. The Morgan fingerprint density at radius 2 is 0.686 bits per heavy atom. The van der Waals surface area contributed by atoms with E-state index in [2.05, 4.69) is 13.8 Å². The van der Waals surface area contributed by atoms with Crippen LogP contribution in [0.2, 0.25) is 0 Å². The summed E-state index contributed by atoms with van der Waals surface area (Å²) in [6.07, 6.45) is 44.2. The predicted molar refractivity (Wildman–Crippen MR) is 221 cm³/mol. The lowest BCUT2D eigenvalue weighted by Gasteiger charge is -2.13. The third-order valence-corrected chi connectivity index (χ3v) is 11.1. The van der Waals surface area contributed by atoms with Crippen LogP contribution in [-0.2, 0) is 16.5 Å². The fourth-order valence-electron chi connectivity index (χ4n) is 7.08. The summed E-state index contributed by atoms with van der Waals surface area (Å²) in [5.41, 5.74) is 0.991. The smallest absolute Gasteiger partial charge is 0.264 e. The highest BCUT2D eigenvalue weighted by molar-refractivity contribution is 7.85. The molecule has 0 aromatic heterocycles. The maximum atomic E-state index is 11.2. The minimum atomic E-state index is -3.96. The normalized spacial score (nSPS) is 11.7. The van der Waals surface area contributed by atoms with Gasteiger partial charge in [-0.15, -0.1) is 0 Å². The molecule has 0 heterocycles.